The minimum Gasteiger partial charge on any atom is -0.377 e. The minimum atomic E-state index is -2.58. The summed E-state index contributed by atoms with van der Waals surface area (Å²) in [6.45, 7) is 0.488. The van der Waals surface area contributed by atoms with Crippen molar-refractivity contribution in [2.75, 3.05) is 27.9 Å². The van der Waals surface area contributed by atoms with Crippen LogP contribution in [0.15, 0.2) is 29.4 Å². The molecule has 0 aliphatic rings. The summed E-state index contributed by atoms with van der Waals surface area (Å²) in [7, 11) is 2.09. The zero-order valence-electron chi connectivity index (χ0n) is 12.9. The third-order valence-electron chi connectivity index (χ3n) is 3.17. The van der Waals surface area contributed by atoms with Crippen molar-refractivity contribution in [3.63, 3.8) is 0 Å². The zero-order chi connectivity index (χ0) is 16.4. The van der Waals surface area contributed by atoms with Gasteiger partial charge < -0.3 is 18.6 Å². The standard InChI is InChI=1S/C13H20N4O4Si/c1-19-22(20-2,21-3)10-4-9-15-13(18)11-5-7-12(8-6-11)16-17-14/h5-8H,4,9-10H2,1-3H3,(H,15,18). The maximum absolute atomic E-state index is 12.0. The predicted molar refractivity (Wildman–Crippen MR) is 83.8 cm³/mol. The van der Waals surface area contributed by atoms with E-state index in [9.17, 15) is 4.79 Å². The summed E-state index contributed by atoms with van der Waals surface area (Å²) in [5.74, 6) is -0.188. The summed E-state index contributed by atoms with van der Waals surface area (Å²) < 4.78 is 15.9. The lowest BCUT2D eigenvalue weighted by Gasteiger charge is -2.24. The van der Waals surface area contributed by atoms with Gasteiger partial charge in [-0.05, 0) is 24.1 Å². The first-order valence-electron chi connectivity index (χ1n) is 6.69. The monoisotopic (exact) mass is 324 g/mol. The van der Waals surface area contributed by atoms with Crippen molar-refractivity contribution in [3.05, 3.63) is 40.3 Å². The second-order valence-corrected chi connectivity index (χ2v) is 7.48. The van der Waals surface area contributed by atoms with E-state index in [4.69, 9.17) is 18.8 Å². The molecule has 1 aromatic carbocycles. The summed E-state index contributed by atoms with van der Waals surface area (Å²) in [4.78, 5) is 14.6. The van der Waals surface area contributed by atoms with Gasteiger partial charge in [0.25, 0.3) is 5.91 Å². The summed E-state index contributed by atoms with van der Waals surface area (Å²) >= 11 is 0. The number of carbonyl (C=O) groups excluding carboxylic acids is 1. The molecule has 0 aliphatic heterocycles. The Morgan fingerprint density at radius 1 is 1.23 bits per heavy atom. The molecule has 0 saturated carbocycles. The number of hydrogen-bond donors (Lipinski definition) is 1. The third kappa shape index (κ3) is 5.13. The van der Waals surface area contributed by atoms with Gasteiger partial charge in [-0.1, -0.05) is 17.2 Å². The minimum absolute atomic E-state index is 0.188. The molecular weight excluding hydrogens is 304 g/mol. The molecule has 1 N–H and O–H groups in total. The van der Waals surface area contributed by atoms with Crippen LogP contribution in [0, 0.1) is 0 Å². The van der Waals surface area contributed by atoms with Gasteiger partial charge in [0, 0.05) is 50.1 Å². The number of hydrogen-bond acceptors (Lipinski definition) is 5. The van der Waals surface area contributed by atoms with E-state index in [1.54, 1.807) is 45.6 Å². The molecule has 0 aromatic heterocycles. The van der Waals surface area contributed by atoms with Gasteiger partial charge in [-0.25, -0.2) is 0 Å². The van der Waals surface area contributed by atoms with Crippen LogP contribution < -0.4 is 5.32 Å². The molecule has 8 nitrogen and oxygen atoms in total. The number of nitrogens with zero attached hydrogens (tertiary/aromatic N) is 3. The van der Waals surface area contributed by atoms with Crippen molar-refractivity contribution in [2.24, 2.45) is 5.11 Å². The van der Waals surface area contributed by atoms with Crippen LogP contribution in [0.2, 0.25) is 6.04 Å². The molecule has 0 saturated heterocycles. The molecule has 0 aliphatic carbocycles. The van der Waals surface area contributed by atoms with Gasteiger partial charge in [-0.15, -0.1) is 0 Å². The first kappa shape index (κ1) is 18.1. The summed E-state index contributed by atoms with van der Waals surface area (Å²) in [6.07, 6.45) is 0.685. The lowest BCUT2D eigenvalue weighted by Crippen LogP contribution is -2.43. The van der Waals surface area contributed by atoms with E-state index in [2.05, 4.69) is 15.3 Å². The number of azide groups is 1. The Morgan fingerprint density at radius 2 is 1.82 bits per heavy atom. The second kappa shape index (κ2) is 9.18. The average molecular weight is 324 g/mol. The smallest absolute Gasteiger partial charge is 0.377 e. The van der Waals surface area contributed by atoms with Crippen LogP contribution >= 0.6 is 0 Å². The SMILES string of the molecule is CO[Si](CCCNC(=O)c1ccc(N=[N+]=[N-])cc1)(OC)OC. The van der Waals surface area contributed by atoms with E-state index >= 15 is 0 Å². The lowest BCUT2D eigenvalue weighted by molar-refractivity contribution is 0.0949. The number of nitrogens with one attached hydrogen (secondary N) is 1. The van der Waals surface area contributed by atoms with E-state index in [0.29, 0.717) is 30.3 Å². The highest BCUT2D eigenvalue weighted by molar-refractivity contribution is 6.60. The Balaban J connectivity index is 2.44. The Labute approximate surface area is 130 Å². The first-order chi connectivity index (χ1) is 10.6. The number of amides is 1. The van der Waals surface area contributed by atoms with Gasteiger partial charge in [0.05, 0.1) is 0 Å². The molecule has 9 heteroatoms. The van der Waals surface area contributed by atoms with Crippen molar-refractivity contribution in [1.82, 2.24) is 5.32 Å². The van der Waals surface area contributed by atoms with Crippen molar-refractivity contribution in [3.8, 4) is 0 Å². The maximum atomic E-state index is 12.0. The van der Waals surface area contributed by atoms with Crippen LogP contribution in [0.25, 0.3) is 10.4 Å². The number of benzene rings is 1. The van der Waals surface area contributed by atoms with Crippen LogP contribution in [0.1, 0.15) is 16.8 Å². The van der Waals surface area contributed by atoms with Gasteiger partial charge in [0.2, 0.25) is 0 Å². The summed E-state index contributed by atoms with van der Waals surface area (Å²) in [5.41, 5.74) is 9.29. The highest BCUT2D eigenvalue weighted by Crippen LogP contribution is 2.15. The van der Waals surface area contributed by atoms with Crippen LogP contribution in [0.3, 0.4) is 0 Å². The normalized spacial score (nSPS) is 10.9. The average Bonchev–Trinajstić information content (AvgIpc) is 2.56. The fourth-order valence-electron chi connectivity index (χ4n) is 1.90. The third-order valence-corrected chi connectivity index (χ3v) is 6.00. The van der Waals surface area contributed by atoms with Gasteiger partial charge in [0.1, 0.15) is 0 Å². The molecule has 0 unspecified atom stereocenters. The van der Waals surface area contributed by atoms with Gasteiger partial charge in [-0.3, -0.25) is 4.79 Å². The number of rotatable bonds is 9. The molecule has 0 spiro atoms. The molecule has 1 rings (SSSR count). The van der Waals surface area contributed by atoms with Gasteiger partial charge in [0.15, 0.2) is 0 Å². The second-order valence-electron chi connectivity index (χ2n) is 4.39. The Hall–Kier alpha value is -1.90. The van der Waals surface area contributed by atoms with E-state index < -0.39 is 8.80 Å². The van der Waals surface area contributed by atoms with Crippen LogP contribution in [0.5, 0.6) is 0 Å². The van der Waals surface area contributed by atoms with Gasteiger partial charge >= 0.3 is 8.80 Å². The molecule has 0 radical (unpaired) electrons. The highest BCUT2D eigenvalue weighted by Gasteiger charge is 2.36. The fraction of sp³-hybridized carbons (Fsp3) is 0.462. The van der Waals surface area contributed by atoms with Crippen LogP contribution in [0.4, 0.5) is 5.69 Å². The van der Waals surface area contributed by atoms with E-state index in [1.807, 2.05) is 0 Å². The van der Waals surface area contributed by atoms with E-state index in [1.165, 1.54) is 0 Å². The molecule has 1 aromatic rings. The van der Waals surface area contributed by atoms with Crippen LogP contribution in [-0.4, -0.2) is 42.6 Å². The van der Waals surface area contributed by atoms with E-state index in [0.717, 1.165) is 0 Å². The Bertz CT molecular complexity index is 519. The number of carbonyl (C=O) groups is 1. The maximum Gasteiger partial charge on any atom is 0.500 e. The van der Waals surface area contributed by atoms with Crippen molar-refractivity contribution in [2.45, 2.75) is 12.5 Å². The summed E-state index contributed by atoms with van der Waals surface area (Å²) in [6, 6.07) is 7.02. The fourth-order valence-corrected chi connectivity index (χ4v) is 3.62. The first-order valence-corrected chi connectivity index (χ1v) is 8.63. The Kier molecular flexibility index (Phi) is 7.57. The largest absolute Gasteiger partial charge is 0.500 e. The quantitative estimate of drug-likeness (QED) is 0.248. The predicted octanol–water partition coefficient (Wildman–Crippen LogP) is 2.63. The molecule has 1 amide bonds. The molecule has 0 heterocycles. The molecule has 0 bridgehead atoms. The molecule has 22 heavy (non-hydrogen) atoms. The van der Waals surface area contributed by atoms with Crippen molar-refractivity contribution in [1.29, 1.82) is 0 Å². The van der Waals surface area contributed by atoms with Crippen molar-refractivity contribution < 1.29 is 18.1 Å². The highest BCUT2D eigenvalue weighted by atomic mass is 28.4. The zero-order valence-corrected chi connectivity index (χ0v) is 13.9. The van der Waals surface area contributed by atoms with E-state index in [-0.39, 0.29) is 5.91 Å². The summed E-state index contributed by atoms with van der Waals surface area (Å²) in [5, 5.41) is 6.26. The molecule has 120 valence electrons. The molecule has 0 fully saturated rings. The molecular formula is C13H20N4O4Si. The van der Waals surface area contributed by atoms with Crippen LogP contribution in [-0.2, 0) is 13.3 Å². The lowest BCUT2D eigenvalue weighted by atomic mass is 10.2. The van der Waals surface area contributed by atoms with Gasteiger partial charge in [-0.2, -0.15) is 0 Å². The topological polar surface area (TPSA) is 106 Å². The van der Waals surface area contributed by atoms with Crippen molar-refractivity contribution >= 4 is 20.4 Å². The Morgan fingerprint density at radius 3 is 2.32 bits per heavy atom. The molecule has 0 atom stereocenters.